The fourth-order valence-corrected chi connectivity index (χ4v) is 4.32. The molecule has 3 rings (SSSR count). The molecule has 1 aromatic carbocycles. The number of carbonyl (C=O) groups is 1. The molecule has 7 heteroatoms. The summed E-state index contributed by atoms with van der Waals surface area (Å²) in [5.41, 5.74) is 0.671. The predicted octanol–water partition coefficient (Wildman–Crippen LogP) is 1.77. The minimum absolute atomic E-state index is 0.0523. The van der Waals surface area contributed by atoms with E-state index < -0.39 is 16.0 Å². The van der Waals surface area contributed by atoms with E-state index in [0.29, 0.717) is 5.69 Å². The Hall–Kier alpha value is -1.60. The number of hydrogen-bond donors (Lipinski definition) is 1. The molecule has 1 saturated carbocycles. The van der Waals surface area contributed by atoms with Gasteiger partial charge < -0.3 is 10.0 Å². The monoisotopic (exact) mass is 324 g/mol. The Kier molecular flexibility index (Phi) is 3.86. The molecule has 120 valence electrons. The molecule has 0 aromatic heterocycles. The maximum Gasteiger partial charge on any atom is 0.337 e. The van der Waals surface area contributed by atoms with Crippen molar-refractivity contribution in [3.05, 3.63) is 23.8 Å². The lowest BCUT2D eigenvalue weighted by Crippen LogP contribution is -2.29. The van der Waals surface area contributed by atoms with E-state index in [1.165, 1.54) is 16.4 Å². The number of hydrogen-bond acceptors (Lipinski definition) is 4. The van der Waals surface area contributed by atoms with Gasteiger partial charge in [-0.05, 0) is 43.9 Å². The van der Waals surface area contributed by atoms with Crippen LogP contribution in [0.3, 0.4) is 0 Å². The zero-order chi connectivity index (χ0) is 15.9. The summed E-state index contributed by atoms with van der Waals surface area (Å²) >= 11 is 0. The van der Waals surface area contributed by atoms with Gasteiger partial charge in [0.1, 0.15) is 0 Å². The van der Waals surface area contributed by atoms with Gasteiger partial charge in [0.25, 0.3) is 0 Å². The molecule has 0 unspecified atom stereocenters. The molecule has 2 aliphatic rings. The zero-order valence-electron chi connectivity index (χ0n) is 12.5. The minimum Gasteiger partial charge on any atom is -0.478 e. The summed E-state index contributed by atoms with van der Waals surface area (Å²) in [6.07, 6.45) is 3.80. The molecule has 1 aromatic rings. The molecule has 1 aliphatic carbocycles. The second-order valence-corrected chi connectivity index (χ2v) is 7.93. The molecule has 1 N–H and O–H groups in total. The van der Waals surface area contributed by atoms with Gasteiger partial charge in [-0.3, -0.25) is 0 Å². The Labute approximate surface area is 130 Å². The Balaban J connectivity index is 1.99. The van der Waals surface area contributed by atoms with Crippen molar-refractivity contribution in [1.29, 1.82) is 0 Å². The van der Waals surface area contributed by atoms with Crippen molar-refractivity contribution in [3.8, 4) is 0 Å². The fourth-order valence-electron chi connectivity index (χ4n) is 2.88. The van der Waals surface area contributed by atoms with E-state index >= 15 is 0 Å². The summed E-state index contributed by atoms with van der Waals surface area (Å²) in [6, 6.07) is 4.50. The second kappa shape index (κ2) is 5.55. The first-order chi connectivity index (χ1) is 10.4. The molecule has 0 radical (unpaired) electrons. The standard InChI is InChI=1S/C15H20N2O4S/c1-16(11-4-5-11)22(20,21)12-6-7-14(13(10-12)15(18)19)17-8-2-3-9-17/h6-7,10-11H,2-5,8-9H2,1H3,(H,18,19). The lowest BCUT2D eigenvalue weighted by atomic mass is 10.1. The number of nitrogens with zero attached hydrogens (tertiary/aromatic N) is 2. The Morgan fingerprint density at radius 1 is 1.27 bits per heavy atom. The normalized spacial score (nSPS) is 18.9. The van der Waals surface area contributed by atoms with Crippen molar-refractivity contribution < 1.29 is 18.3 Å². The van der Waals surface area contributed by atoms with Gasteiger partial charge in [0.2, 0.25) is 10.0 Å². The number of anilines is 1. The Morgan fingerprint density at radius 2 is 1.91 bits per heavy atom. The van der Waals surface area contributed by atoms with Crippen LogP contribution in [-0.4, -0.2) is 50.0 Å². The lowest BCUT2D eigenvalue weighted by molar-refractivity contribution is 0.0697. The molecule has 2 fully saturated rings. The van der Waals surface area contributed by atoms with E-state index in [2.05, 4.69) is 0 Å². The van der Waals surface area contributed by atoms with Gasteiger partial charge in [-0.2, -0.15) is 4.31 Å². The van der Waals surface area contributed by atoms with Crippen LogP contribution in [0.15, 0.2) is 23.1 Å². The first-order valence-corrected chi connectivity index (χ1v) is 8.95. The third kappa shape index (κ3) is 2.70. The van der Waals surface area contributed by atoms with Crippen LogP contribution in [0.4, 0.5) is 5.69 Å². The lowest BCUT2D eigenvalue weighted by Gasteiger charge is -2.22. The molecule has 0 bridgehead atoms. The van der Waals surface area contributed by atoms with E-state index in [4.69, 9.17) is 0 Å². The average molecular weight is 324 g/mol. The van der Waals surface area contributed by atoms with Crippen LogP contribution >= 0.6 is 0 Å². The van der Waals surface area contributed by atoms with Crippen molar-refractivity contribution in [2.75, 3.05) is 25.0 Å². The van der Waals surface area contributed by atoms with Crippen LogP contribution in [-0.2, 0) is 10.0 Å². The summed E-state index contributed by atoms with van der Waals surface area (Å²) < 4.78 is 26.4. The van der Waals surface area contributed by atoms with Crippen LogP contribution < -0.4 is 4.90 Å². The minimum atomic E-state index is -3.62. The average Bonchev–Trinajstić information content (AvgIpc) is 3.20. The number of sulfonamides is 1. The van der Waals surface area contributed by atoms with E-state index in [-0.39, 0.29) is 16.5 Å². The van der Waals surface area contributed by atoms with Crippen molar-refractivity contribution in [1.82, 2.24) is 4.31 Å². The van der Waals surface area contributed by atoms with Crippen molar-refractivity contribution in [2.45, 2.75) is 36.6 Å². The summed E-state index contributed by atoms with van der Waals surface area (Å²) in [5, 5.41) is 9.44. The van der Waals surface area contributed by atoms with E-state index in [9.17, 15) is 18.3 Å². The molecular formula is C15H20N2O4S. The number of rotatable bonds is 5. The van der Waals surface area contributed by atoms with Crippen molar-refractivity contribution in [2.24, 2.45) is 0 Å². The molecule has 1 saturated heterocycles. The SMILES string of the molecule is CN(C1CC1)S(=O)(=O)c1ccc(N2CCCC2)c(C(=O)O)c1. The molecule has 0 amide bonds. The smallest absolute Gasteiger partial charge is 0.337 e. The van der Waals surface area contributed by atoms with Gasteiger partial charge in [-0.25, -0.2) is 13.2 Å². The van der Waals surface area contributed by atoms with E-state index in [1.54, 1.807) is 13.1 Å². The second-order valence-electron chi connectivity index (χ2n) is 5.93. The van der Waals surface area contributed by atoms with Gasteiger partial charge in [0.15, 0.2) is 0 Å². The Bertz CT molecular complexity index is 691. The van der Waals surface area contributed by atoms with Crippen LogP contribution in [0.25, 0.3) is 0 Å². The number of carboxylic acid groups (broad SMARTS) is 1. The molecule has 1 heterocycles. The van der Waals surface area contributed by atoms with Gasteiger partial charge in [-0.1, -0.05) is 0 Å². The van der Waals surface area contributed by atoms with Gasteiger partial charge >= 0.3 is 5.97 Å². The van der Waals surface area contributed by atoms with Crippen molar-refractivity contribution >= 4 is 21.7 Å². The summed E-state index contributed by atoms with van der Waals surface area (Å²) in [7, 11) is -2.06. The van der Waals surface area contributed by atoms with Crippen LogP contribution in [0, 0.1) is 0 Å². The molecule has 0 spiro atoms. The topological polar surface area (TPSA) is 77.9 Å². The number of aromatic carboxylic acids is 1. The molecule has 22 heavy (non-hydrogen) atoms. The maximum atomic E-state index is 12.5. The third-order valence-corrected chi connectivity index (χ3v) is 6.29. The highest BCUT2D eigenvalue weighted by Crippen LogP contribution is 2.32. The highest BCUT2D eigenvalue weighted by molar-refractivity contribution is 7.89. The van der Waals surface area contributed by atoms with Crippen LogP contribution in [0.2, 0.25) is 0 Å². The quantitative estimate of drug-likeness (QED) is 0.893. The Morgan fingerprint density at radius 3 is 2.45 bits per heavy atom. The fraction of sp³-hybridized carbons (Fsp3) is 0.533. The molecule has 6 nitrogen and oxygen atoms in total. The first-order valence-electron chi connectivity index (χ1n) is 7.51. The summed E-state index contributed by atoms with van der Waals surface area (Å²) in [4.78, 5) is 13.6. The zero-order valence-corrected chi connectivity index (χ0v) is 13.3. The van der Waals surface area contributed by atoms with E-state index in [0.717, 1.165) is 38.8 Å². The summed E-state index contributed by atoms with van der Waals surface area (Å²) in [6.45, 7) is 1.63. The van der Waals surface area contributed by atoms with Gasteiger partial charge in [-0.15, -0.1) is 0 Å². The highest BCUT2D eigenvalue weighted by atomic mass is 32.2. The van der Waals surface area contributed by atoms with Crippen LogP contribution in [0.5, 0.6) is 0 Å². The number of carboxylic acids is 1. The summed E-state index contributed by atoms with van der Waals surface area (Å²) in [5.74, 6) is -1.09. The third-order valence-electron chi connectivity index (χ3n) is 4.38. The van der Waals surface area contributed by atoms with Gasteiger partial charge in [0.05, 0.1) is 16.1 Å². The van der Waals surface area contributed by atoms with Gasteiger partial charge in [0, 0.05) is 26.2 Å². The maximum absolute atomic E-state index is 12.5. The molecule has 0 atom stereocenters. The van der Waals surface area contributed by atoms with Crippen molar-refractivity contribution in [3.63, 3.8) is 0 Å². The molecule has 1 aliphatic heterocycles. The van der Waals surface area contributed by atoms with Crippen LogP contribution in [0.1, 0.15) is 36.0 Å². The van der Waals surface area contributed by atoms with E-state index in [1.807, 2.05) is 4.90 Å². The number of benzene rings is 1. The molecular weight excluding hydrogens is 304 g/mol. The predicted molar refractivity (Wildman–Crippen MR) is 82.8 cm³/mol. The largest absolute Gasteiger partial charge is 0.478 e. The highest BCUT2D eigenvalue weighted by Gasteiger charge is 2.35. The first kappa shape index (κ1) is 15.3.